The van der Waals surface area contributed by atoms with Crippen LogP contribution in [0.3, 0.4) is 0 Å². The average Bonchev–Trinajstić information content (AvgIpc) is 2.49. The average molecular weight is 248 g/mol. The highest BCUT2D eigenvalue weighted by Crippen LogP contribution is 2.20. The van der Waals surface area contributed by atoms with E-state index >= 15 is 0 Å². The lowest BCUT2D eigenvalue weighted by atomic mass is 10.2. The van der Waals surface area contributed by atoms with Gasteiger partial charge in [-0.15, -0.1) is 11.3 Å². The Balaban J connectivity index is 2.66. The topological polar surface area (TPSA) is 66.4 Å². The van der Waals surface area contributed by atoms with Crippen molar-refractivity contribution in [1.82, 2.24) is 5.32 Å². The minimum atomic E-state index is -1.05. The number of carboxylic acid groups (broad SMARTS) is 1. The Bertz CT molecular complexity index is 377. The van der Waals surface area contributed by atoms with Crippen LogP contribution in [0.1, 0.15) is 11.8 Å². The van der Waals surface area contributed by atoms with Gasteiger partial charge in [0.1, 0.15) is 6.04 Å². The van der Waals surface area contributed by atoms with Crippen molar-refractivity contribution >= 4 is 34.8 Å². The smallest absolute Gasteiger partial charge is 0.326 e. The molecule has 1 aromatic rings. The highest BCUT2D eigenvalue weighted by atomic mass is 35.5. The van der Waals surface area contributed by atoms with Crippen molar-refractivity contribution in [3.63, 3.8) is 0 Å². The summed E-state index contributed by atoms with van der Waals surface area (Å²) >= 11 is 7.08. The summed E-state index contributed by atoms with van der Waals surface area (Å²) in [6.07, 6.45) is 0.256. The van der Waals surface area contributed by atoms with Gasteiger partial charge in [0.25, 0.3) is 0 Å². The van der Waals surface area contributed by atoms with Crippen LogP contribution in [0.2, 0.25) is 5.02 Å². The highest BCUT2D eigenvalue weighted by Gasteiger charge is 2.19. The molecule has 1 atom stereocenters. The van der Waals surface area contributed by atoms with E-state index in [1.165, 1.54) is 18.3 Å². The van der Waals surface area contributed by atoms with Gasteiger partial charge in [0.05, 0.1) is 5.02 Å². The van der Waals surface area contributed by atoms with Gasteiger partial charge in [-0.25, -0.2) is 4.79 Å². The quantitative estimate of drug-likeness (QED) is 0.848. The lowest BCUT2D eigenvalue weighted by Gasteiger charge is -2.11. The first-order valence-corrected chi connectivity index (χ1v) is 5.47. The normalized spacial score (nSPS) is 12.1. The second kappa shape index (κ2) is 5.14. The van der Waals surface area contributed by atoms with Crippen molar-refractivity contribution in [3.05, 3.63) is 21.3 Å². The Kier molecular flexibility index (Phi) is 4.11. The van der Waals surface area contributed by atoms with Gasteiger partial charge in [0.15, 0.2) is 0 Å². The molecule has 1 rings (SSSR count). The summed E-state index contributed by atoms with van der Waals surface area (Å²) in [5, 5.41) is 13.5. The summed E-state index contributed by atoms with van der Waals surface area (Å²) in [6.45, 7) is 1.29. The number of hydrogen-bond acceptors (Lipinski definition) is 3. The molecule has 0 saturated heterocycles. The van der Waals surface area contributed by atoms with Crippen LogP contribution < -0.4 is 5.32 Å². The van der Waals surface area contributed by atoms with E-state index in [2.05, 4.69) is 5.32 Å². The van der Waals surface area contributed by atoms with Crippen LogP contribution in [0.4, 0.5) is 0 Å². The van der Waals surface area contributed by atoms with Crippen LogP contribution in [0.15, 0.2) is 11.4 Å². The molecule has 0 aliphatic carbocycles. The molecule has 2 N–H and O–H groups in total. The second-order valence-electron chi connectivity index (χ2n) is 3.03. The van der Waals surface area contributed by atoms with E-state index in [1.807, 2.05) is 0 Å². The zero-order valence-electron chi connectivity index (χ0n) is 7.99. The van der Waals surface area contributed by atoms with Gasteiger partial charge in [-0.2, -0.15) is 0 Å². The van der Waals surface area contributed by atoms with Crippen molar-refractivity contribution in [2.24, 2.45) is 0 Å². The Morgan fingerprint density at radius 3 is 2.73 bits per heavy atom. The predicted octanol–water partition coefficient (Wildman–Crippen LogP) is 1.53. The van der Waals surface area contributed by atoms with Gasteiger partial charge in [-0.3, -0.25) is 4.79 Å². The molecule has 0 bridgehead atoms. The van der Waals surface area contributed by atoms with E-state index in [9.17, 15) is 9.59 Å². The number of carbonyl (C=O) groups is 2. The molecule has 1 unspecified atom stereocenters. The molecule has 0 saturated carbocycles. The molecule has 1 aromatic heterocycles. The van der Waals surface area contributed by atoms with Gasteiger partial charge >= 0.3 is 5.97 Å². The van der Waals surface area contributed by atoms with Gasteiger partial charge in [0, 0.05) is 23.6 Å². The Hall–Kier alpha value is -1.07. The Morgan fingerprint density at radius 2 is 2.33 bits per heavy atom. The number of nitrogens with one attached hydrogen (secondary N) is 1. The van der Waals surface area contributed by atoms with Crippen molar-refractivity contribution in [2.45, 2.75) is 19.4 Å². The number of rotatable bonds is 4. The molecule has 0 radical (unpaired) electrons. The number of carboxylic acids is 1. The minimum absolute atomic E-state index is 0.256. The standard InChI is InChI=1S/C9H10ClNO3S/c1-5(12)11-8(9(13)14)3-7-2-6(10)4-15-7/h2,4,8H,3H2,1H3,(H,11,12)(H,13,14). The molecule has 82 valence electrons. The van der Waals surface area contributed by atoms with Crippen LogP contribution in [0.25, 0.3) is 0 Å². The van der Waals surface area contributed by atoms with Crippen molar-refractivity contribution in [3.8, 4) is 0 Å². The maximum Gasteiger partial charge on any atom is 0.326 e. The molecule has 0 spiro atoms. The SMILES string of the molecule is CC(=O)NC(Cc1cc(Cl)cs1)C(=O)O. The fraction of sp³-hybridized carbons (Fsp3) is 0.333. The maximum atomic E-state index is 10.8. The van der Waals surface area contributed by atoms with Crippen LogP contribution in [0, 0.1) is 0 Å². The van der Waals surface area contributed by atoms with Crippen molar-refractivity contribution in [1.29, 1.82) is 0 Å². The van der Waals surface area contributed by atoms with E-state index in [4.69, 9.17) is 16.7 Å². The second-order valence-corrected chi connectivity index (χ2v) is 4.46. The molecular formula is C9H10ClNO3S. The number of halogens is 1. The van der Waals surface area contributed by atoms with Gasteiger partial charge < -0.3 is 10.4 Å². The number of thiophene rings is 1. The first kappa shape index (κ1) is 12.0. The van der Waals surface area contributed by atoms with Gasteiger partial charge in [0.2, 0.25) is 5.91 Å². The molecule has 1 amide bonds. The molecule has 6 heteroatoms. The summed E-state index contributed by atoms with van der Waals surface area (Å²) in [5.41, 5.74) is 0. The molecule has 0 aliphatic rings. The van der Waals surface area contributed by atoms with Crippen LogP contribution >= 0.6 is 22.9 Å². The van der Waals surface area contributed by atoms with Crippen LogP contribution in [0.5, 0.6) is 0 Å². The van der Waals surface area contributed by atoms with E-state index in [1.54, 1.807) is 11.4 Å². The Labute approximate surface area is 95.9 Å². The molecule has 0 aromatic carbocycles. The lowest BCUT2D eigenvalue weighted by molar-refractivity contribution is -0.141. The van der Waals surface area contributed by atoms with E-state index in [-0.39, 0.29) is 12.3 Å². The lowest BCUT2D eigenvalue weighted by Crippen LogP contribution is -2.40. The van der Waals surface area contributed by atoms with E-state index in [0.29, 0.717) is 5.02 Å². The molecule has 15 heavy (non-hydrogen) atoms. The van der Waals surface area contributed by atoms with Gasteiger partial charge in [-0.05, 0) is 6.07 Å². The summed E-state index contributed by atoms with van der Waals surface area (Å²) in [6, 6.07) is 0.807. The number of amides is 1. The number of aliphatic carboxylic acids is 1. The Morgan fingerprint density at radius 1 is 1.67 bits per heavy atom. The fourth-order valence-corrected chi connectivity index (χ4v) is 2.23. The molecule has 0 aliphatic heterocycles. The third-order valence-corrected chi connectivity index (χ3v) is 3.01. The number of hydrogen-bond donors (Lipinski definition) is 2. The first-order valence-electron chi connectivity index (χ1n) is 4.22. The third kappa shape index (κ3) is 3.89. The summed E-state index contributed by atoms with van der Waals surface area (Å²) < 4.78 is 0. The molecule has 0 fully saturated rings. The monoisotopic (exact) mass is 247 g/mol. The molecular weight excluding hydrogens is 238 g/mol. The first-order chi connectivity index (χ1) is 6.99. The summed E-state index contributed by atoms with van der Waals surface area (Å²) in [7, 11) is 0. The van der Waals surface area contributed by atoms with Crippen molar-refractivity contribution < 1.29 is 14.7 Å². The molecule has 1 heterocycles. The number of carbonyl (C=O) groups excluding carboxylic acids is 1. The van der Waals surface area contributed by atoms with Gasteiger partial charge in [-0.1, -0.05) is 11.6 Å². The van der Waals surface area contributed by atoms with E-state index < -0.39 is 12.0 Å². The summed E-state index contributed by atoms with van der Waals surface area (Å²) in [5.74, 6) is -1.40. The predicted molar refractivity (Wildman–Crippen MR) is 58.3 cm³/mol. The van der Waals surface area contributed by atoms with Crippen LogP contribution in [-0.2, 0) is 16.0 Å². The molecule has 4 nitrogen and oxygen atoms in total. The zero-order chi connectivity index (χ0) is 11.4. The zero-order valence-corrected chi connectivity index (χ0v) is 9.56. The van der Waals surface area contributed by atoms with Crippen LogP contribution in [-0.4, -0.2) is 23.0 Å². The minimum Gasteiger partial charge on any atom is -0.480 e. The van der Waals surface area contributed by atoms with Crippen molar-refractivity contribution in [2.75, 3.05) is 0 Å². The maximum absolute atomic E-state index is 10.8. The summed E-state index contributed by atoms with van der Waals surface area (Å²) in [4.78, 5) is 22.4. The highest BCUT2D eigenvalue weighted by molar-refractivity contribution is 7.10. The van der Waals surface area contributed by atoms with E-state index in [0.717, 1.165) is 4.88 Å². The largest absolute Gasteiger partial charge is 0.480 e. The fourth-order valence-electron chi connectivity index (χ4n) is 1.11. The third-order valence-electron chi connectivity index (χ3n) is 1.70.